The molecule has 128 valence electrons. The van der Waals surface area contributed by atoms with Crippen LogP contribution in [0.5, 0.6) is 0 Å². The third-order valence-corrected chi connectivity index (χ3v) is 3.78. The van der Waals surface area contributed by atoms with E-state index < -0.39 is 0 Å². The van der Waals surface area contributed by atoms with Gasteiger partial charge in [0, 0.05) is 29.2 Å². The summed E-state index contributed by atoms with van der Waals surface area (Å²) >= 11 is 0. The Morgan fingerprint density at radius 1 is 1.25 bits per heavy atom. The molecule has 0 aliphatic heterocycles. The minimum atomic E-state index is -0.175. The topological polar surface area (TPSA) is 58.4 Å². The molecule has 0 saturated carbocycles. The molecule has 0 fully saturated rings. The average Bonchev–Trinajstić information content (AvgIpc) is 2.81. The molecule has 0 aliphatic carbocycles. The van der Waals surface area contributed by atoms with E-state index in [0.717, 1.165) is 17.8 Å². The van der Waals surface area contributed by atoms with Crippen LogP contribution in [0, 0.1) is 19.8 Å². The normalized spacial score (nSPS) is 11.2. The zero-order valence-corrected chi connectivity index (χ0v) is 14.8. The predicted octanol–water partition coefficient (Wildman–Crippen LogP) is 3.32. The zero-order chi connectivity index (χ0) is 17.5. The van der Waals surface area contributed by atoms with Crippen LogP contribution in [0.25, 0.3) is 0 Å². The summed E-state index contributed by atoms with van der Waals surface area (Å²) in [7, 11) is 0. The molecule has 1 amide bonds. The van der Waals surface area contributed by atoms with Gasteiger partial charge in [0.15, 0.2) is 0 Å². The molecular weight excluding hydrogens is 300 g/mol. The fraction of sp³-hybridized carbons (Fsp3) is 0.368. The fourth-order valence-electron chi connectivity index (χ4n) is 2.56. The quantitative estimate of drug-likeness (QED) is 0.606. The first-order chi connectivity index (χ1) is 11.5. The molecule has 0 saturated heterocycles. The van der Waals surface area contributed by atoms with E-state index in [9.17, 15) is 4.79 Å². The molecule has 0 radical (unpaired) electrons. The Morgan fingerprint density at radius 2 is 1.96 bits per heavy atom. The van der Waals surface area contributed by atoms with Crippen molar-refractivity contribution in [2.45, 2.75) is 34.2 Å². The van der Waals surface area contributed by atoms with Crippen LogP contribution in [0.1, 0.15) is 30.8 Å². The molecule has 0 aliphatic rings. The van der Waals surface area contributed by atoms with Gasteiger partial charge in [-0.1, -0.05) is 32.0 Å². The van der Waals surface area contributed by atoms with Crippen LogP contribution in [0.2, 0.25) is 0 Å². The predicted molar refractivity (Wildman–Crippen MR) is 99.4 cm³/mol. The summed E-state index contributed by atoms with van der Waals surface area (Å²) in [5.74, 6) is 0.412. The van der Waals surface area contributed by atoms with Gasteiger partial charge in [-0.15, -0.1) is 0 Å². The average molecular weight is 326 g/mol. The first kappa shape index (κ1) is 17.8. The van der Waals surface area contributed by atoms with Crippen LogP contribution >= 0.6 is 0 Å². The van der Waals surface area contributed by atoms with Gasteiger partial charge in [0.25, 0.3) is 5.91 Å². The minimum absolute atomic E-state index is 0.175. The number of hydrogen-bond donors (Lipinski definition) is 2. The van der Waals surface area contributed by atoms with E-state index in [4.69, 9.17) is 0 Å². The van der Waals surface area contributed by atoms with E-state index in [0.29, 0.717) is 5.92 Å². The molecule has 5 heteroatoms. The first-order valence-corrected chi connectivity index (χ1v) is 8.25. The van der Waals surface area contributed by atoms with Crippen molar-refractivity contribution in [1.82, 2.24) is 9.99 Å². The molecule has 1 aromatic heterocycles. The van der Waals surface area contributed by atoms with Gasteiger partial charge in [-0.3, -0.25) is 4.79 Å². The van der Waals surface area contributed by atoms with E-state index in [1.807, 2.05) is 30.3 Å². The summed E-state index contributed by atoms with van der Waals surface area (Å²) in [5, 5.41) is 7.12. The number of carbonyl (C=O) groups excluding carboxylic acids is 1. The number of aromatic nitrogens is 1. The lowest BCUT2D eigenvalue weighted by atomic mass is 10.2. The lowest BCUT2D eigenvalue weighted by molar-refractivity contribution is -0.119. The molecule has 0 unspecified atom stereocenters. The third kappa shape index (κ3) is 4.98. The third-order valence-electron chi connectivity index (χ3n) is 3.78. The lowest BCUT2D eigenvalue weighted by Gasteiger charge is -2.11. The van der Waals surface area contributed by atoms with Gasteiger partial charge in [-0.05, 0) is 38.0 Å². The largest absolute Gasteiger partial charge is 0.376 e. The second-order valence-corrected chi connectivity index (χ2v) is 6.34. The maximum Gasteiger partial charge on any atom is 0.259 e. The molecular formula is C19H26N4O. The standard InChI is InChI=1S/C19H26N4O/c1-14(2)13-23-15(3)10-17(16(23)4)11-21-22-19(24)12-20-18-8-6-5-7-9-18/h5-11,14,20H,12-13H2,1-4H3,(H,22,24). The van der Waals surface area contributed by atoms with Crippen molar-refractivity contribution >= 4 is 17.8 Å². The molecule has 0 atom stereocenters. The van der Waals surface area contributed by atoms with Gasteiger partial charge in [0.2, 0.25) is 0 Å². The number of rotatable bonds is 7. The Hall–Kier alpha value is -2.56. The first-order valence-electron chi connectivity index (χ1n) is 8.25. The van der Waals surface area contributed by atoms with Crippen molar-refractivity contribution in [2.24, 2.45) is 11.0 Å². The van der Waals surface area contributed by atoms with Crippen molar-refractivity contribution in [3.8, 4) is 0 Å². The molecule has 1 heterocycles. The Balaban J connectivity index is 1.88. The zero-order valence-electron chi connectivity index (χ0n) is 14.8. The van der Waals surface area contributed by atoms with Crippen molar-refractivity contribution in [2.75, 3.05) is 11.9 Å². The Morgan fingerprint density at radius 3 is 2.62 bits per heavy atom. The van der Waals surface area contributed by atoms with Crippen molar-refractivity contribution < 1.29 is 4.79 Å². The maximum absolute atomic E-state index is 11.8. The number of nitrogens with one attached hydrogen (secondary N) is 2. The van der Waals surface area contributed by atoms with Crippen LogP contribution in [-0.4, -0.2) is 23.2 Å². The molecule has 2 aromatic rings. The summed E-state index contributed by atoms with van der Waals surface area (Å²) in [4.78, 5) is 11.8. The van der Waals surface area contributed by atoms with Crippen LogP contribution < -0.4 is 10.7 Å². The van der Waals surface area contributed by atoms with E-state index in [-0.39, 0.29) is 12.5 Å². The Labute approximate surface area is 143 Å². The monoisotopic (exact) mass is 326 g/mol. The fourth-order valence-corrected chi connectivity index (χ4v) is 2.56. The molecule has 1 aromatic carbocycles. The number of aryl methyl sites for hydroxylation is 1. The Kier molecular flexibility index (Phi) is 6.18. The Bertz CT molecular complexity index is 702. The summed E-state index contributed by atoms with van der Waals surface area (Å²) in [6.45, 7) is 9.75. The minimum Gasteiger partial charge on any atom is -0.376 e. The number of hydrogen-bond acceptors (Lipinski definition) is 3. The van der Waals surface area contributed by atoms with Crippen LogP contribution in [0.4, 0.5) is 5.69 Å². The highest BCUT2D eigenvalue weighted by Crippen LogP contribution is 2.15. The second-order valence-electron chi connectivity index (χ2n) is 6.34. The van der Waals surface area contributed by atoms with Gasteiger partial charge >= 0.3 is 0 Å². The second kappa shape index (κ2) is 8.34. The number of anilines is 1. The summed E-state index contributed by atoms with van der Waals surface area (Å²) in [6, 6.07) is 11.7. The molecule has 5 nitrogen and oxygen atoms in total. The van der Waals surface area contributed by atoms with Crippen LogP contribution in [0.3, 0.4) is 0 Å². The molecule has 24 heavy (non-hydrogen) atoms. The number of carbonyl (C=O) groups is 1. The smallest absolute Gasteiger partial charge is 0.259 e. The summed E-state index contributed by atoms with van der Waals surface area (Å²) < 4.78 is 2.28. The number of amides is 1. The SMILES string of the molecule is Cc1cc(C=NNC(=O)CNc2ccccc2)c(C)n1CC(C)C. The lowest BCUT2D eigenvalue weighted by Crippen LogP contribution is -2.25. The summed E-state index contributed by atoms with van der Waals surface area (Å²) in [5.41, 5.74) is 6.88. The molecule has 0 bridgehead atoms. The van der Waals surface area contributed by atoms with Crippen molar-refractivity contribution in [3.63, 3.8) is 0 Å². The van der Waals surface area contributed by atoms with Gasteiger partial charge in [-0.2, -0.15) is 5.10 Å². The van der Waals surface area contributed by atoms with Crippen LogP contribution in [0.15, 0.2) is 41.5 Å². The highest BCUT2D eigenvalue weighted by Gasteiger charge is 2.08. The van der Waals surface area contributed by atoms with Gasteiger partial charge in [-0.25, -0.2) is 5.43 Å². The molecule has 2 rings (SSSR count). The van der Waals surface area contributed by atoms with Gasteiger partial charge < -0.3 is 9.88 Å². The van der Waals surface area contributed by atoms with Crippen molar-refractivity contribution in [1.29, 1.82) is 0 Å². The van der Waals surface area contributed by atoms with E-state index in [1.54, 1.807) is 6.21 Å². The highest BCUT2D eigenvalue weighted by atomic mass is 16.2. The number of hydrazone groups is 1. The van der Waals surface area contributed by atoms with Crippen molar-refractivity contribution in [3.05, 3.63) is 53.3 Å². The van der Waals surface area contributed by atoms with Gasteiger partial charge in [0.1, 0.15) is 0 Å². The molecule has 2 N–H and O–H groups in total. The number of benzene rings is 1. The molecule has 0 spiro atoms. The van der Waals surface area contributed by atoms with Crippen LogP contribution in [-0.2, 0) is 11.3 Å². The number of para-hydroxylation sites is 1. The van der Waals surface area contributed by atoms with E-state index in [2.05, 4.69) is 54.2 Å². The summed E-state index contributed by atoms with van der Waals surface area (Å²) in [6.07, 6.45) is 1.71. The number of nitrogens with zero attached hydrogens (tertiary/aromatic N) is 2. The highest BCUT2D eigenvalue weighted by molar-refractivity contribution is 5.85. The van der Waals surface area contributed by atoms with Gasteiger partial charge in [0.05, 0.1) is 12.8 Å². The van der Waals surface area contributed by atoms with E-state index >= 15 is 0 Å². The maximum atomic E-state index is 11.8. The van der Waals surface area contributed by atoms with E-state index in [1.165, 1.54) is 11.4 Å².